The first kappa shape index (κ1) is 28.3. The van der Waals surface area contributed by atoms with Gasteiger partial charge in [-0.3, -0.25) is 0 Å². The van der Waals surface area contributed by atoms with Gasteiger partial charge in [0.05, 0.1) is 0 Å². The van der Waals surface area contributed by atoms with Crippen LogP contribution < -0.4 is 0 Å². The number of allylic oxidation sites excluding steroid dienone is 1. The Balaban J connectivity index is 1.40. The third-order valence-corrected chi connectivity index (χ3v) is 9.94. The van der Waals surface area contributed by atoms with E-state index in [1.54, 1.807) is 0 Å². The van der Waals surface area contributed by atoms with Gasteiger partial charge in [0.2, 0.25) is 0 Å². The zero-order chi connectivity index (χ0) is 31.9. The lowest BCUT2D eigenvalue weighted by atomic mass is 9.81. The van der Waals surface area contributed by atoms with Crippen molar-refractivity contribution >= 4 is 27.6 Å². The van der Waals surface area contributed by atoms with Crippen LogP contribution in [0.3, 0.4) is 0 Å². The van der Waals surface area contributed by atoms with Crippen molar-refractivity contribution in [1.29, 1.82) is 0 Å². The van der Waals surface area contributed by atoms with Gasteiger partial charge in [0.1, 0.15) is 0 Å². The molecule has 0 atom stereocenters. The molecule has 0 amide bonds. The van der Waals surface area contributed by atoms with Crippen molar-refractivity contribution in [2.24, 2.45) is 0 Å². The number of rotatable bonds is 5. The predicted molar refractivity (Wildman–Crippen MR) is 206 cm³/mol. The quantitative estimate of drug-likeness (QED) is 0.170. The van der Waals surface area contributed by atoms with Gasteiger partial charge in [-0.1, -0.05) is 170 Å². The Morgan fingerprint density at radius 2 is 0.812 bits per heavy atom. The van der Waals surface area contributed by atoms with Crippen molar-refractivity contribution in [1.82, 2.24) is 0 Å². The highest BCUT2D eigenvalue weighted by molar-refractivity contribution is 6.23. The normalized spacial score (nSPS) is 12.3. The number of fused-ring (bicyclic) bond motifs is 3. The maximum Gasteiger partial charge on any atom is -0.00199 e. The number of hydrogen-bond acceptors (Lipinski definition) is 0. The van der Waals surface area contributed by atoms with Crippen LogP contribution in [-0.2, 0) is 6.42 Å². The lowest BCUT2D eigenvalue weighted by Gasteiger charge is -2.22. The molecular formula is C48H34. The fourth-order valence-electron chi connectivity index (χ4n) is 7.69. The van der Waals surface area contributed by atoms with Gasteiger partial charge in [-0.05, 0) is 113 Å². The van der Waals surface area contributed by atoms with Crippen LogP contribution in [0.4, 0.5) is 0 Å². The zero-order valence-corrected chi connectivity index (χ0v) is 26.7. The van der Waals surface area contributed by atoms with Crippen molar-refractivity contribution in [3.05, 3.63) is 187 Å². The second kappa shape index (κ2) is 12.0. The first-order chi connectivity index (χ1) is 23.8. The van der Waals surface area contributed by atoms with Gasteiger partial charge in [0.25, 0.3) is 0 Å². The van der Waals surface area contributed by atoms with E-state index in [2.05, 4.69) is 182 Å². The zero-order valence-electron chi connectivity index (χ0n) is 26.7. The molecule has 8 aromatic carbocycles. The Hall–Kier alpha value is -5.98. The van der Waals surface area contributed by atoms with Crippen LogP contribution in [0.25, 0.3) is 83.3 Å². The molecule has 0 saturated heterocycles. The summed E-state index contributed by atoms with van der Waals surface area (Å²) >= 11 is 0. The summed E-state index contributed by atoms with van der Waals surface area (Å²) in [6, 6.07) is 62.5. The molecule has 48 heavy (non-hydrogen) atoms. The molecule has 0 heteroatoms. The van der Waals surface area contributed by atoms with Crippen LogP contribution in [-0.4, -0.2) is 0 Å². The molecule has 0 bridgehead atoms. The Bertz CT molecular complexity index is 2480. The molecule has 1 aliphatic carbocycles. The molecule has 0 fully saturated rings. The fourth-order valence-corrected chi connectivity index (χ4v) is 7.69. The van der Waals surface area contributed by atoms with Gasteiger partial charge < -0.3 is 0 Å². The SMILES string of the molecule is C1=Cc2cc(-c3ccc4c(-c5ccccc5-c5ccccc5)c5ccccc5c(-c5ccccc5-c5ccccc5)c4c3)ccc2CC1. The first-order valence-electron chi connectivity index (χ1n) is 16.9. The number of benzene rings is 8. The Labute approximate surface area is 282 Å². The van der Waals surface area contributed by atoms with E-state index < -0.39 is 0 Å². The largest absolute Gasteiger partial charge is 0.0836 e. The maximum absolute atomic E-state index is 2.45. The summed E-state index contributed by atoms with van der Waals surface area (Å²) in [7, 11) is 0. The van der Waals surface area contributed by atoms with E-state index in [0.717, 1.165) is 12.8 Å². The van der Waals surface area contributed by atoms with Crippen molar-refractivity contribution in [3.63, 3.8) is 0 Å². The van der Waals surface area contributed by atoms with Crippen molar-refractivity contribution in [2.45, 2.75) is 12.8 Å². The van der Waals surface area contributed by atoms with Crippen LogP contribution in [0.15, 0.2) is 176 Å². The van der Waals surface area contributed by atoms with Gasteiger partial charge in [-0.2, -0.15) is 0 Å². The van der Waals surface area contributed by atoms with Gasteiger partial charge in [0, 0.05) is 0 Å². The highest BCUT2D eigenvalue weighted by atomic mass is 14.2. The second-order valence-electron chi connectivity index (χ2n) is 12.7. The fraction of sp³-hybridized carbons (Fsp3) is 0.0417. The molecule has 8 aromatic rings. The van der Waals surface area contributed by atoms with Crippen LogP contribution in [0.2, 0.25) is 0 Å². The van der Waals surface area contributed by atoms with Crippen LogP contribution >= 0.6 is 0 Å². The number of aryl methyl sites for hydroxylation is 1. The topological polar surface area (TPSA) is 0 Å². The Morgan fingerprint density at radius 1 is 0.333 bits per heavy atom. The first-order valence-corrected chi connectivity index (χ1v) is 16.9. The van der Waals surface area contributed by atoms with E-state index in [4.69, 9.17) is 0 Å². The molecule has 0 saturated carbocycles. The summed E-state index contributed by atoms with van der Waals surface area (Å²) in [5.74, 6) is 0. The van der Waals surface area contributed by atoms with E-state index in [0.29, 0.717) is 0 Å². The molecular weight excluding hydrogens is 577 g/mol. The lowest BCUT2D eigenvalue weighted by molar-refractivity contribution is 0.986. The van der Waals surface area contributed by atoms with Crippen LogP contribution in [0, 0.1) is 0 Å². The average molecular weight is 611 g/mol. The molecule has 0 unspecified atom stereocenters. The van der Waals surface area contributed by atoms with Crippen LogP contribution in [0.1, 0.15) is 17.5 Å². The molecule has 1 aliphatic rings. The van der Waals surface area contributed by atoms with Crippen molar-refractivity contribution < 1.29 is 0 Å². The lowest BCUT2D eigenvalue weighted by Crippen LogP contribution is -1.96. The van der Waals surface area contributed by atoms with Gasteiger partial charge in [-0.25, -0.2) is 0 Å². The Morgan fingerprint density at radius 3 is 1.44 bits per heavy atom. The van der Waals surface area contributed by atoms with E-state index in [1.807, 2.05) is 0 Å². The third kappa shape index (κ3) is 4.86. The van der Waals surface area contributed by atoms with Gasteiger partial charge in [0.15, 0.2) is 0 Å². The molecule has 226 valence electrons. The van der Waals surface area contributed by atoms with Crippen LogP contribution in [0.5, 0.6) is 0 Å². The van der Waals surface area contributed by atoms with E-state index in [-0.39, 0.29) is 0 Å². The van der Waals surface area contributed by atoms with Crippen molar-refractivity contribution in [3.8, 4) is 55.6 Å². The molecule has 0 radical (unpaired) electrons. The highest BCUT2D eigenvalue weighted by Crippen LogP contribution is 2.48. The predicted octanol–water partition coefficient (Wildman–Crippen LogP) is 13.3. The summed E-state index contributed by atoms with van der Waals surface area (Å²) in [6.07, 6.45) is 6.82. The molecule has 0 aromatic heterocycles. The third-order valence-electron chi connectivity index (χ3n) is 9.94. The summed E-state index contributed by atoms with van der Waals surface area (Å²) in [4.78, 5) is 0. The Kier molecular flexibility index (Phi) is 7.06. The minimum Gasteiger partial charge on any atom is -0.0836 e. The van der Waals surface area contributed by atoms with E-state index >= 15 is 0 Å². The molecule has 0 spiro atoms. The monoisotopic (exact) mass is 610 g/mol. The van der Waals surface area contributed by atoms with E-state index in [1.165, 1.54) is 88.3 Å². The summed E-state index contributed by atoms with van der Waals surface area (Å²) < 4.78 is 0. The van der Waals surface area contributed by atoms with Crippen molar-refractivity contribution in [2.75, 3.05) is 0 Å². The minimum absolute atomic E-state index is 1.11. The smallest absolute Gasteiger partial charge is 0.00199 e. The minimum atomic E-state index is 1.11. The standard InChI is InChI=1S/C48H34/c1-3-16-34(17-4-1)39-21-9-11-23-41(39)47-43-25-13-14-26-44(43)48(42-24-12-10-22-40(42)35-18-5-2-6-19-35)46-32-38(29-30-45(46)47)37-28-27-33-15-7-8-20-36(33)31-37/h1-6,8-14,16-32H,7,15H2. The van der Waals surface area contributed by atoms with Gasteiger partial charge >= 0.3 is 0 Å². The summed E-state index contributed by atoms with van der Waals surface area (Å²) in [5.41, 5.74) is 15.3. The molecule has 9 rings (SSSR count). The second-order valence-corrected chi connectivity index (χ2v) is 12.7. The van der Waals surface area contributed by atoms with Gasteiger partial charge in [-0.15, -0.1) is 0 Å². The average Bonchev–Trinajstić information content (AvgIpc) is 3.17. The van der Waals surface area contributed by atoms with E-state index in [9.17, 15) is 0 Å². The number of hydrogen-bond donors (Lipinski definition) is 0. The molecule has 0 aliphatic heterocycles. The molecule has 0 nitrogen and oxygen atoms in total. The summed E-state index contributed by atoms with van der Waals surface area (Å²) in [5, 5.41) is 5.05. The highest BCUT2D eigenvalue weighted by Gasteiger charge is 2.21. The summed E-state index contributed by atoms with van der Waals surface area (Å²) in [6.45, 7) is 0. The molecule has 0 N–H and O–H groups in total. The maximum atomic E-state index is 2.45. The molecule has 0 heterocycles.